The molecule has 0 radical (unpaired) electrons. The number of thiazole rings is 1. The molecule has 1 aromatic heterocycles. The molecule has 1 unspecified atom stereocenters. The molecule has 0 fully saturated rings. The number of nitrogens with zero attached hydrogens (tertiary/aromatic N) is 2. The highest BCUT2D eigenvalue weighted by molar-refractivity contribution is 7.16. The molecule has 4 nitrogen and oxygen atoms in total. The van der Waals surface area contributed by atoms with E-state index in [1.807, 2.05) is 0 Å². The first-order valence-corrected chi connectivity index (χ1v) is 8.16. The van der Waals surface area contributed by atoms with Gasteiger partial charge >= 0.3 is 18.5 Å². The third kappa shape index (κ3) is 4.92. The van der Waals surface area contributed by atoms with Crippen LogP contribution in [0.3, 0.4) is 0 Å². The molecule has 1 heterocycles. The lowest BCUT2D eigenvalue weighted by molar-refractivity contribution is -0.304. The van der Waals surface area contributed by atoms with Gasteiger partial charge in [0.1, 0.15) is 5.00 Å². The van der Waals surface area contributed by atoms with Crippen molar-refractivity contribution in [3.8, 4) is 5.75 Å². The molecule has 1 amide bonds. The fourth-order valence-corrected chi connectivity index (χ4v) is 3.02. The van der Waals surface area contributed by atoms with E-state index in [2.05, 4.69) is 9.72 Å². The second-order valence-electron chi connectivity index (χ2n) is 5.40. The molecule has 160 valence electrons. The number of ether oxygens (including phenoxy) is 1. The van der Waals surface area contributed by atoms with Crippen molar-refractivity contribution >= 4 is 28.4 Å². The predicted molar refractivity (Wildman–Crippen MR) is 83.0 cm³/mol. The fraction of sp³-hybridized carbons (Fsp3) is 0.333. The van der Waals surface area contributed by atoms with Crippen molar-refractivity contribution < 1.29 is 49.0 Å². The Morgan fingerprint density at radius 1 is 1.10 bits per heavy atom. The van der Waals surface area contributed by atoms with E-state index in [-0.39, 0.29) is 16.3 Å². The zero-order valence-corrected chi connectivity index (χ0v) is 14.8. The minimum atomic E-state index is -5.97. The number of anilines is 2. The maximum atomic E-state index is 13.6. The molecule has 14 heteroatoms. The summed E-state index contributed by atoms with van der Waals surface area (Å²) in [4.78, 5) is 14.9. The number of aromatic nitrogens is 1. The van der Waals surface area contributed by atoms with Crippen LogP contribution in [0.15, 0.2) is 24.3 Å². The molecule has 0 saturated carbocycles. The Morgan fingerprint density at radius 2 is 1.69 bits per heavy atom. The summed E-state index contributed by atoms with van der Waals surface area (Å²) in [7, 11) is 0. The highest BCUT2D eigenvalue weighted by atomic mass is 32.1. The number of amides is 1. The number of benzene rings is 1. The Morgan fingerprint density at radius 3 is 2.21 bits per heavy atom. The Bertz CT molecular complexity index is 879. The fourth-order valence-electron chi connectivity index (χ4n) is 2.11. The molecule has 0 saturated heterocycles. The number of para-hydroxylation sites is 2. The Labute approximate surface area is 160 Å². The molecule has 1 atom stereocenters. The molecule has 0 aliphatic rings. The summed E-state index contributed by atoms with van der Waals surface area (Å²) in [5.41, 5.74) is -2.29. The monoisotopic (exact) mass is 452 g/mol. The van der Waals surface area contributed by atoms with E-state index in [0.717, 1.165) is 18.2 Å². The zero-order valence-electron chi connectivity index (χ0n) is 14.0. The third-order valence-electron chi connectivity index (χ3n) is 3.26. The van der Waals surface area contributed by atoms with Gasteiger partial charge in [0.25, 0.3) is 6.17 Å². The van der Waals surface area contributed by atoms with Gasteiger partial charge in [-0.2, -0.15) is 35.1 Å². The summed E-state index contributed by atoms with van der Waals surface area (Å²) in [6, 6.07) is 3.55. The van der Waals surface area contributed by atoms with Crippen LogP contribution in [0.25, 0.3) is 0 Å². The van der Waals surface area contributed by atoms with Crippen LogP contribution < -0.4 is 9.64 Å². The second kappa shape index (κ2) is 7.72. The lowest BCUT2D eigenvalue weighted by atomic mass is 10.2. The molecule has 0 aliphatic heterocycles. The maximum Gasteiger partial charge on any atom is 0.439 e. The van der Waals surface area contributed by atoms with Crippen molar-refractivity contribution in [3.05, 3.63) is 35.0 Å². The average Bonchev–Trinajstić information content (AvgIpc) is 2.97. The van der Waals surface area contributed by atoms with Crippen molar-refractivity contribution in [2.24, 2.45) is 0 Å². The van der Waals surface area contributed by atoms with Gasteiger partial charge in [0.2, 0.25) is 6.41 Å². The minimum Gasteiger partial charge on any atom is -0.428 e. The largest absolute Gasteiger partial charge is 0.439 e. The minimum absolute atomic E-state index is 0.135. The van der Waals surface area contributed by atoms with E-state index in [9.17, 15) is 44.3 Å². The molecule has 2 aromatic rings. The van der Waals surface area contributed by atoms with Crippen LogP contribution in [0.2, 0.25) is 0 Å². The number of aryl methyl sites for hydroxylation is 1. The SMILES string of the molecule is Cc1nc(C(F)(F)F)c(N(C=O)c2ccccc2OC(F)(F)C(F)C(F)(F)F)s1. The average molecular weight is 452 g/mol. The molecule has 0 N–H and O–H groups in total. The maximum absolute atomic E-state index is 13.6. The second-order valence-corrected chi connectivity index (χ2v) is 6.58. The van der Waals surface area contributed by atoms with Gasteiger partial charge in [0, 0.05) is 0 Å². The van der Waals surface area contributed by atoms with Crippen LogP contribution >= 0.6 is 11.3 Å². The number of rotatable bonds is 6. The van der Waals surface area contributed by atoms with E-state index < -0.39 is 46.8 Å². The Hall–Kier alpha value is -2.51. The van der Waals surface area contributed by atoms with Gasteiger partial charge in [-0.1, -0.05) is 12.1 Å². The summed E-state index contributed by atoms with van der Waals surface area (Å²) in [5.74, 6) is -1.16. The van der Waals surface area contributed by atoms with Gasteiger partial charge in [-0.25, -0.2) is 9.37 Å². The summed E-state index contributed by atoms with van der Waals surface area (Å²) < 4.78 is 120. The molecular formula is C15H9F9N2O2S. The lowest BCUT2D eigenvalue weighted by Crippen LogP contribution is -2.45. The molecule has 0 spiro atoms. The molecular weight excluding hydrogens is 443 g/mol. The quantitative estimate of drug-likeness (QED) is 0.421. The topological polar surface area (TPSA) is 42.4 Å². The molecule has 0 bridgehead atoms. The number of hydrogen-bond donors (Lipinski definition) is 0. The standard InChI is InChI=1S/C15H9F9N2O2S/c1-7-25-10(13(17,18)19)11(29-7)26(6-27)8-4-2-3-5-9(8)28-15(23,24)12(16)14(20,21)22/h2-6,12H,1H3. The number of hydrogen-bond acceptors (Lipinski definition) is 4. The number of alkyl halides is 9. The van der Waals surface area contributed by atoms with E-state index in [1.165, 1.54) is 6.92 Å². The smallest absolute Gasteiger partial charge is 0.428 e. The van der Waals surface area contributed by atoms with Gasteiger partial charge in [-0.3, -0.25) is 9.69 Å². The van der Waals surface area contributed by atoms with Crippen molar-refractivity contribution in [2.45, 2.75) is 31.6 Å². The first-order chi connectivity index (χ1) is 13.2. The van der Waals surface area contributed by atoms with Crippen LogP contribution in [0.4, 0.5) is 50.2 Å². The Kier molecular flexibility index (Phi) is 6.07. The van der Waals surface area contributed by atoms with Gasteiger partial charge < -0.3 is 4.74 Å². The zero-order chi connectivity index (χ0) is 22.2. The van der Waals surface area contributed by atoms with E-state index in [0.29, 0.717) is 17.4 Å². The summed E-state index contributed by atoms with van der Waals surface area (Å²) in [6.07, 6.45) is -21.3. The van der Waals surface area contributed by atoms with Gasteiger partial charge in [-0.15, -0.1) is 11.3 Å². The predicted octanol–water partition coefficient (Wildman–Crippen LogP) is 5.64. The summed E-state index contributed by atoms with van der Waals surface area (Å²) in [6.45, 7) is 1.18. The highest BCUT2D eigenvalue weighted by Crippen LogP contribution is 2.45. The summed E-state index contributed by atoms with van der Waals surface area (Å²) >= 11 is 0.372. The van der Waals surface area contributed by atoms with Gasteiger partial charge in [0.05, 0.1) is 10.7 Å². The molecule has 29 heavy (non-hydrogen) atoms. The molecule has 1 aromatic carbocycles. The number of halogens is 9. The van der Waals surface area contributed by atoms with Crippen molar-refractivity contribution in [2.75, 3.05) is 4.90 Å². The molecule has 0 aliphatic carbocycles. The van der Waals surface area contributed by atoms with Crippen molar-refractivity contribution in [3.63, 3.8) is 0 Å². The van der Waals surface area contributed by atoms with Crippen LogP contribution in [-0.2, 0) is 11.0 Å². The number of carbonyl (C=O) groups is 1. The van der Waals surface area contributed by atoms with Crippen molar-refractivity contribution in [1.82, 2.24) is 4.98 Å². The first kappa shape index (κ1) is 22.8. The lowest BCUT2D eigenvalue weighted by Gasteiger charge is -2.26. The summed E-state index contributed by atoms with van der Waals surface area (Å²) in [5, 5.41) is -0.971. The van der Waals surface area contributed by atoms with Gasteiger partial charge in [0.15, 0.2) is 11.4 Å². The van der Waals surface area contributed by atoms with Crippen LogP contribution in [0, 0.1) is 6.92 Å². The van der Waals surface area contributed by atoms with E-state index in [1.54, 1.807) is 0 Å². The number of carbonyl (C=O) groups excluding carboxylic acids is 1. The van der Waals surface area contributed by atoms with Crippen molar-refractivity contribution in [1.29, 1.82) is 0 Å². The van der Waals surface area contributed by atoms with E-state index >= 15 is 0 Å². The normalized spacial score (nSPS) is 13.9. The molecule has 2 rings (SSSR count). The van der Waals surface area contributed by atoms with Crippen LogP contribution in [0.1, 0.15) is 10.7 Å². The van der Waals surface area contributed by atoms with Crippen LogP contribution in [0.5, 0.6) is 5.75 Å². The third-order valence-corrected chi connectivity index (χ3v) is 4.23. The van der Waals surface area contributed by atoms with Gasteiger partial charge in [-0.05, 0) is 19.1 Å². The first-order valence-electron chi connectivity index (χ1n) is 7.34. The van der Waals surface area contributed by atoms with E-state index in [4.69, 9.17) is 0 Å². The Balaban J connectivity index is 2.53. The van der Waals surface area contributed by atoms with Crippen LogP contribution in [-0.4, -0.2) is 29.9 Å². The highest BCUT2D eigenvalue weighted by Gasteiger charge is 2.59.